The topological polar surface area (TPSA) is 81.7 Å². The molecule has 1 unspecified atom stereocenters. The molecule has 3 heterocycles. The number of hydrogen-bond donors (Lipinski definition) is 2. The van der Waals surface area contributed by atoms with E-state index in [2.05, 4.69) is 20.4 Å². The van der Waals surface area contributed by atoms with E-state index >= 15 is 0 Å². The first-order valence-electron chi connectivity index (χ1n) is 6.93. The molecule has 1 aliphatic rings. The molecule has 0 bridgehead atoms. The lowest BCUT2D eigenvalue weighted by atomic mass is 10.1. The number of aryl methyl sites for hydroxylation is 1. The first kappa shape index (κ1) is 13.7. The molecular weight excluding hydrogens is 240 g/mol. The highest BCUT2D eigenvalue weighted by Crippen LogP contribution is 2.25. The van der Waals surface area contributed by atoms with Crippen molar-refractivity contribution in [2.75, 3.05) is 18.8 Å². The fourth-order valence-corrected chi connectivity index (χ4v) is 2.47. The van der Waals surface area contributed by atoms with Crippen molar-refractivity contribution in [3.05, 3.63) is 12.0 Å². The maximum Gasteiger partial charge on any atom is 0.163 e. The molecule has 106 valence electrons. The highest BCUT2D eigenvalue weighted by atomic mass is 15.3. The molecule has 0 aromatic carbocycles. The van der Waals surface area contributed by atoms with Crippen LogP contribution in [0, 0.1) is 6.92 Å². The van der Waals surface area contributed by atoms with E-state index in [1.807, 2.05) is 25.5 Å². The average Bonchev–Trinajstić information content (AvgIpc) is 2.81. The molecule has 6 nitrogen and oxygen atoms in total. The number of nitrogens with one attached hydrogen (secondary N) is 1. The van der Waals surface area contributed by atoms with Crippen molar-refractivity contribution in [3.63, 3.8) is 0 Å². The number of hydrogen-bond acceptors (Lipinski definition) is 5. The summed E-state index contributed by atoms with van der Waals surface area (Å²) in [7, 11) is 0. The van der Waals surface area contributed by atoms with Crippen molar-refractivity contribution in [2.24, 2.45) is 0 Å². The van der Waals surface area contributed by atoms with E-state index < -0.39 is 0 Å². The minimum absolute atomic E-state index is 0. The largest absolute Gasteiger partial charge is 0.383 e. The lowest BCUT2D eigenvalue weighted by molar-refractivity contribution is 0.352. The second-order valence-electron chi connectivity index (χ2n) is 4.49. The van der Waals surface area contributed by atoms with Crippen LogP contribution in [0.2, 0.25) is 0 Å². The van der Waals surface area contributed by atoms with Crippen LogP contribution in [0.1, 0.15) is 39.9 Å². The summed E-state index contributed by atoms with van der Waals surface area (Å²) in [4.78, 5) is 8.34. The maximum absolute atomic E-state index is 5.88. The summed E-state index contributed by atoms with van der Waals surface area (Å²) in [5, 5.41) is 8.84. The quantitative estimate of drug-likeness (QED) is 0.822. The van der Waals surface area contributed by atoms with Gasteiger partial charge in [0.05, 0.1) is 17.1 Å². The summed E-state index contributed by atoms with van der Waals surface area (Å²) < 4.78 is 1.99. The van der Waals surface area contributed by atoms with E-state index in [4.69, 9.17) is 5.73 Å². The van der Waals surface area contributed by atoms with Gasteiger partial charge in [0.15, 0.2) is 5.65 Å². The lowest BCUT2D eigenvalue weighted by Gasteiger charge is -2.23. The third kappa shape index (κ3) is 2.53. The Morgan fingerprint density at radius 2 is 2.21 bits per heavy atom. The third-order valence-electron chi connectivity index (χ3n) is 3.31. The fourth-order valence-electron chi connectivity index (χ4n) is 2.47. The summed E-state index contributed by atoms with van der Waals surface area (Å²) in [5.41, 5.74) is 7.64. The van der Waals surface area contributed by atoms with Crippen LogP contribution >= 0.6 is 0 Å². The zero-order valence-electron chi connectivity index (χ0n) is 11.8. The molecule has 0 aliphatic carbocycles. The van der Waals surface area contributed by atoms with Crippen LogP contribution < -0.4 is 11.1 Å². The summed E-state index contributed by atoms with van der Waals surface area (Å²) >= 11 is 0. The summed E-state index contributed by atoms with van der Waals surface area (Å²) in [6.07, 6.45) is 3.81. The first-order valence-corrected chi connectivity index (χ1v) is 6.93. The number of fused-ring (bicyclic) bond motifs is 1. The van der Waals surface area contributed by atoms with Gasteiger partial charge in [-0.05, 0) is 26.3 Å². The number of nitrogens with zero attached hydrogens (tertiary/aromatic N) is 4. The van der Waals surface area contributed by atoms with Gasteiger partial charge < -0.3 is 11.1 Å². The summed E-state index contributed by atoms with van der Waals surface area (Å²) in [5.74, 6) is 0.516. The Labute approximate surface area is 114 Å². The summed E-state index contributed by atoms with van der Waals surface area (Å²) in [6, 6.07) is 0.370. The molecule has 1 saturated heterocycles. The zero-order valence-corrected chi connectivity index (χ0v) is 11.8. The average molecular weight is 264 g/mol. The molecule has 0 saturated carbocycles. The Balaban J connectivity index is 0.000000639. The van der Waals surface area contributed by atoms with Gasteiger partial charge in [-0.15, -0.1) is 0 Å². The van der Waals surface area contributed by atoms with Crippen LogP contribution in [0.5, 0.6) is 0 Å². The lowest BCUT2D eigenvalue weighted by Crippen LogP contribution is -2.32. The van der Waals surface area contributed by atoms with Gasteiger partial charge in [-0.2, -0.15) is 5.10 Å². The van der Waals surface area contributed by atoms with E-state index in [0.29, 0.717) is 11.9 Å². The Morgan fingerprint density at radius 1 is 1.42 bits per heavy atom. The second kappa shape index (κ2) is 5.97. The molecular formula is C13H24N6. The van der Waals surface area contributed by atoms with Gasteiger partial charge in [0.2, 0.25) is 0 Å². The van der Waals surface area contributed by atoms with Crippen molar-refractivity contribution in [1.82, 2.24) is 25.1 Å². The zero-order chi connectivity index (χ0) is 13.8. The monoisotopic (exact) mass is 264 g/mol. The smallest absolute Gasteiger partial charge is 0.163 e. The van der Waals surface area contributed by atoms with Crippen LogP contribution in [-0.2, 0) is 0 Å². The van der Waals surface area contributed by atoms with Crippen LogP contribution in [0.3, 0.4) is 0 Å². The highest BCUT2D eigenvalue weighted by molar-refractivity contribution is 5.87. The molecule has 2 aromatic heterocycles. The second-order valence-corrected chi connectivity index (χ2v) is 4.49. The van der Waals surface area contributed by atoms with Crippen molar-refractivity contribution < 1.29 is 1.43 Å². The minimum atomic E-state index is 0. The van der Waals surface area contributed by atoms with Crippen LogP contribution in [0.4, 0.5) is 5.82 Å². The number of anilines is 1. The Hall–Kier alpha value is -1.69. The number of nitrogen functional groups attached to an aromatic ring is 1. The summed E-state index contributed by atoms with van der Waals surface area (Å²) in [6.45, 7) is 7.99. The Bertz CT molecular complexity index is 547. The molecule has 1 atom stereocenters. The first-order chi connectivity index (χ1) is 9.27. The molecule has 1 fully saturated rings. The highest BCUT2D eigenvalue weighted by Gasteiger charge is 2.20. The van der Waals surface area contributed by atoms with Gasteiger partial charge >= 0.3 is 0 Å². The van der Waals surface area contributed by atoms with Gasteiger partial charge in [-0.1, -0.05) is 13.8 Å². The molecule has 0 radical (unpaired) electrons. The molecule has 2 aromatic rings. The molecule has 19 heavy (non-hydrogen) atoms. The standard InChI is InChI=1S/C11H16N6.C2H6.H2/c1-7-9-10(12)14-6-15-11(9)17(16-7)8-3-2-4-13-5-8;1-2;/h6,8,13H,2-5H2,1H3,(H2,12,14,15);1-2H3;1H. The van der Waals surface area contributed by atoms with E-state index in [0.717, 1.165) is 36.2 Å². The van der Waals surface area contributed by atoms with Crippen molar-refractivity contribution in [2.45, 2.75) is 39.7 Å². The van der Waals surface area contributed by atoms with Gasteiger partial charge in [0.1, 0.15) is 12.1 Å². The number of aromatic nitrogens is 4. The predicted octanol–water partition coefficient (Wildman–Crippen LogP) is 1.91. The Kier molecular flexibility index (Phi) is 4.31. The SMILES string of the molecule is CC.Cc1nn(C2CCCNC2)c2ncnc(N)c12.[HH]. The van der Waals surface area contributed by atoms with Gasteiger partial charge in [0, 0.05) is 7.97 Å². The molecule has 0 amide bonds. The molecule has 3 rings (SSSR count). The number of piperidine rings is 1. The predicted molar refractivity (Wildman–Crippen MR) is 79.1 cm³/mol. The van der Waals surface area contributed by atoms with E-state index in [9.17, 15) is 0 Å². The molecule has 1 aliphatic heterocycles. The minimum Gasteiger partial charge on any atom is -0.383 e. The van der Waals surface area contributed by atoms with Crippen molar-refractivity contribution >= 4 is 16.9 Å². The van der Waals surface area contributed by atoms with E-state index in [-0.39, 0.29) is 1.43 Å². The van der Waals surface area contributed by atoms with Crippen molar-refractivity contribution in [3.8, 4) is 0 Å². The molecule has 0 spiro atoms. The van der Waals surface area contributed by atoms with Gasteiger partial charge in [-0.3, -0.25) is 0 Å². The van der Waals surface area contributed by atoms with Crippen LogP contribution in [0.15, 0.2) is 6.33 Å². The molecule has 3 N–H and O–H groups in total. The van der Waals surface area contributed by atoms with Crippen molar-refractivity contribution in [1.29, 1.82) is 0 Å². The van der Waals surface area contributed by atoms with Gasteiger partial charge in [-0.25, -0.2) is 14.6 Å². The molecule has 6 heteroatoms. The van der Waals surface area contributed by atoms with Crippen LogP contribution in [-0.4, -0.2) is 32.8 Å². The van der Waals surface area contributed by atoms with Gasteiger partial charge in [0.25, 0.3) is 0 Å². The van der Waals surface area contributed by atoms with E-state index in [1.165, 1.54) is 12.7 Å². The fraction of sp³-hybridized carbons (Fsp3) is 0.615. The normalized spacial score (nSPS) is 19.0. The van der Waals surface area contributed by atoms with E-state index in [1.54, 1.807) is 0 Å². The third-order valence-corrected chi connectivity index (χ3v) is 3.31. The number of rotatable bonds is 1. The Morgan fingerprint density at radius 3 is 2.89 bits per heavy atom. The number of nitrogens with two attached hydrogens (primary N) is 1. The maximum atomic E-state index is 5.88. The van der Waals surface area contributed by atoms with Crippen LogP contribution in [0.25, 0.3) is 11.0 Å².